The summed E-state index contributed by atoms with van der Waals surface area (Å²) in [5, 5.41) is 0. The molecule has 0 aromatic heterocycles. The van der Waals surface area contributed by atoms with Crippen molar-refractivity contribution >= 4 is 14.0 Å². The maximum Gasteiger partial charge on any atom is 0.489 e. The zero-order valence-corrected chi connectivity index (χ0v) is 29.8. The van der Waals surface area contributed by atoms with Crippen LogP contribution >= 0.6 is 0 Å². The molecule has 246 valence electrons. The summed E-state index contributed by atoms with van der Waals surface area (Å²) in [6.07, 6.45) is 27.5. The fourth-order valence-corrected chi connectivity index (χ4v) is 8.08. The first-order valence-electron chi connectivity index (χ1n) is 19.1. The first kappa shape index (κ1) is 38.2. The van der Waals surface area contributed by atoms with Gasteiger partial charge in [-0.2, -0.15) is 0 Å². The van der Waals surface area contributed by atoms with Crippen LogP contribution in [0.25, 0.3) is 0 Å². The topological polar surface area (TPSA) is 36.9 Å². The zero-order chi connectivity index (χ0) is 31.0. The normalized spacial score (nSPS) is 20.6. The van der Waals surface area contributed by atoms with E-state index in [-0.39, 0.29) is 22.4 Å². The molecule has 6 heteroatoms. The third-order valence-electron chi connectivity index (χ3n) is 10.7. The van der Waals surface area contributed by atoms with Crippen LogP contribution in [0.5, 0.6) is 0 Å². The van der Waals surface area contributed by atoms with Crippen molar-refractivity contribution in [3.05, 3.63) is 0 Å². The molecule has 2 aliphatic heterocycles. The Balaban J connectivity index is 2.61. The van der Waals surface area contributed by atoms with Crippen molar-refractivity contribution < 1.29 is 18.6 Å². The minimum absolute atomic E-state index is 0.256. The first-order valence-corrected chi connectivity index (χ1v) is 19.1. The van der Waals surface area contributed by atoms with Gasteiger partial charge in [0.25, 0.3) is 0 Å². The van der Waals surface area contributed by atoms with E-state index in [1.54, 1.807) is 0 Å². The number of hydrogen-bond acceptors (Lipinski definition) is 4. The lowest BCUT2D eigenvalue weighted by molar-refractivity contribution is -0.0761. The maximum absolute atomic E-state index is 7.38. The molecular weight excluding hydrogens is 518 g/mol. The Labute approximate surface area is 264 Å². The van der Waals surface area contributed by atoms with Crippen molar-refractivity contribution in [1.82, 2.24) is 0 Å². The number of hydrogen-bond donors (Lipinski definition) is 0. The minimum Gasteiger partial charge on any atom is -0.405 e. The van der Waals surface area contributed by atoms with E-state index in [1.807, 2.05) is 0 Å². The molecule has 0 spiro atoms. The van der Waals surface area contributed by atoms with E-state index >= 15 is 0 Å². The lowest BCUT2D eigenvalue weighted by Crippen LogP contribution is -2.52. The van der Waals surface area contributed by atoms with Gasteiger partial charge in [-0.25, -0.2) is 0 Å². The smallest absolute Gasteiger partial charge is 0.405 e. The second-order valence-corrected chi connectivity index (χ2v) is 14.0. The molecule has 0 bridgehead atoms. The quantitative estimate of drug-likeness (QED) is 0.0992. The summed E-state index contributed by atoms with van der Waals surface area (Å²) in [6.45, 7) is 18.5. The van der Waals surface area contributed by atoms with Crippen molar-refractivity contribution in [2.24, 2.45) is 0 Å². The molecule has 0 saturated carbocycles. The van der Waals surface area contributed by atoms with E-state index in [0.29, 0.717) is 0 Å². The van der Waals surface area contributed by atoms with E-state index < -0.39 is 14.0 Å². The van der Waals surface area contributed by atoms with Gasteiger partial charge in [0.2, 0.25) is 0 Å². The second kappa shape index (κ2) is 19.5. The highest BCUT2D eigenvalue weighted by molar-refractivity contribution is 7.11. The molecule has 0 amide bonds. The van der Waals surface area contributed by atoms with E-state index in [9.17, 15) is 0 Å². The third kappa shape index (κ3) is 9.03. The SMILES string of the molecule is CCCCC1(CCCC)OB(B2OC(CCCC)(CCCC)C(CCCC)(CCCC)O2)OC1(CCCC)CCCC. The van der Waals surface area contributed by atoms with Crippen LogP contribution in [0, 0.1) is 0 Å². The van der Waals surface area contributed by atoms with E-state index in [0.717, 1.165) is 51.4 Å². The molecule has 0 atom stereocenters. The summed E-state index contributed by atoms with van der Waals surface area (Å²) >= 11 is 0. The lowest BCUT2D eigenvalue weighted by Gasteiger charge is -2.45. The van der Waals surface area contributed by atoms with Crippen LogP contribution < -0.4 is 0 Å². The van der Waals surface area contributed by atoms with Gasteiger partial charge in [0, 0.05) is 0 Å². The highest BCUT2D eigenvalue weighted by Crippen LogP contribution is 2.55. The molecule has 0 aromatic carbocycles. The molecule has 0 N–H and O–H groups in total. The molecule has 0 aromatic rings. The molecule has 2 saturated heterocycles. The predicted molar refractivity (Wildman–Crippen MR) is 183 cm³/mol. The number of rotatable bonds is 25. The van der Waals surface area contributed by atoms with Gasteiger partial charge in [0.1, 0.15) is 0 Å². The second-order valence-electron chi connectivity index (χ2n) is 14.0. The van der Waals surface area contributed by atoms with Gasteiger partial charge >= 0.3 is 14.0 Å². The Hall–Kier alpha value is -0.0301. The van der Waals surface area contributed by atoms with Crippen LogP contribution in [0.15, 0.2) is 0 Å². The van der Waals surface area contributed by atoms with E-state index in [1.165, 1.54) is 103 Å². The van der Waals surface area contributed by atoms with E-state index in [2.05, 4.69) is 55.4 Å². The van der Waals surface area contributed by atoms with Crippen LogP contribution in [0.3, 0.4) is 0 Å². The Morgan fingerprint density at radius 3 is 0.548 bits per heavy atom. The van der Waals surface area contributed by atoms with Gasteiger partial charge in [-0.3, -0.25) is 0 Å². The van der Waals surface area contributed by atoms with E-state index in [4.69, 9.17) is 18.6 Å². The summed E-state index contributed by atoms with van der Waals surface area (Å²) in [5.41, 5.74) is -1.02. The zero-order valence-electron chi connectivity index (χ0n) is 29.8. The fourth-order valence-electron chi connectivity index (χ4n) is 8.08. The van der Waals surface area contributed by atoms with Crippen molar-refractivity contribution in [2.75, 3.05) is 0 Å². The molecule has 42 heavy (non-hydrogen) atoms. The standard InChI is InChI=1S/C36H72B2O4/c1-9-17-25-33(26-18-10-2)34(27-19-11-3,28-20-12-4)40-37(39-33)38-41-35(29-21-13-5,30-22-14-6)36(42-38,31-23-15-7)32-24-16-8/h9-32H2,1-8H3. The average molecular weight is 591 g/mol. The van der Waals surface area contributed by atoms with Crippen molar-refractivity contribution in [3.63, 3.8) is 0 Å². The predicted octanol–water partition coefficient (Wildman–Crippen LogP) is 11.6. The molecule has 0 radical (unpaired) electrons. The number of unbranched alkanes of at least 4 members (excludes halogenated alkanes) is 8. The summed E-state index contributed by atoms with van der Waals surface area (Å²) in [4.78, 5) is 0. The monoisotopic (exact) mass is 591 g/mol. The summed E-state index contributed by atoms with van der Waals surface area (Å²) < 4.78 is 29.5. The Morgan fingerprint density at radius 2 is 0.429 bits per heavy atom. The van der Waals surface area contributed by atoms with Crippen molar-refractivity contribution in [3.8, 4) is 0 Å². The van der Waals surface area contributed by atoms with Crippen molar-refractivity contribution in [2.45, 2.75) is 232 Å². The van der Waals surface area contributed by atoms with Crippen LogP contribution in [0.1, 0.15) is 209 Å². The molecule has 0 unspecified atom stereocenters. The maximum atomic E-state index is 7.38. The van der Waals surface area contributed by atoms with Gasteiger partial charge < -0.3 is 18.6 Å². The van der Waals surface area contributed by atoms with Gasteiger partial charge in [-0.05, 0) is 51.4 Å². The fraction of sp³-hybridized carbons (Fsp3) is 1.00. The van der Waals surface area contributed by atoms with Gasteiger partial charge in [-0.1, -0.05) is 158 Å². The highest BCUT2D eigenvalue weighted by atomic mass is 16.7. The highest BCUT2D eigenvalue weighted by Gasteiger charge is 2.70. The Bertz CT molecular complexity index is 556. The molecule has 4 nitrogen and oxygen atoms in total. The molecule has 2 aliphatic rings. The average Bonchev–Trinajstić information content (AvgIpc) is 3.50. The van der Waals surface area contributed by atoms with Crippen molar-refractivity contribution in [1.29, 1.82) is 0 Å². The molecule has 2 fully saturated rings. The molecule has 2 heterocycles. The molecule has 2 rings (SSSR count). The van der Waals surface area contributed by atoms with Gasteiger partial charge in [0.15, 0.2) is 0 Å². The Kier molecular flexibility index (Phi) is 17.7. The Morgan fingerprint density at radius 1 is 0.286 bits per heavy atom. The van der Waals surface area contributed by atoms with Crippen LogP contribution in [0.2, 0.25) is 0 Å². The largest absolute Gasteiger partial charge is 0.489 e. The van der Waals surface area contributed by atoms with Crippen LogP contribution in [0.4, 0.5) is 0 Å². The van der Waals surface area contributed by atoms with Gasteiger partial charge in [0.05, 0.1) is 22.4 Å². The van der Waals surface area contributed by atoms with Gasteiger partial charge in [-0.15, -0.1) is 0 Å². The summed E-state index contributed by atoms with van der Waals surface area (Å²) in [6, 6.07) is 0. The van der Waals surface area contributed by atoms with Crippen LogP contribution in [-0.4, -0.2) is 36.4 Å². The van der Waals surface area contributed by atoms with Crippen LogP contribution in [-0.2, 0) is 18.6 Å². The molecule has 0 aliphatic carbocycles. The summed E-state index contributed by atoms with van der Waals surface area (Å²) in [7, 11) is -0.889. The first-order chi connectivity index (χ1) is 20.4. The molecular formula is C36H72B2O4. The lowest BCUT2D eigenvalue weighted by atomic mass is 9.49. The summed E-state index contributed by atoms with van der Waals surface area (Å²) in [5.74, 6) is 0. The minimum atomic E-state index is -0.444. The third-order valence-corrected chi connectivity index (χ3v) is 10.7.